The summed E-state index contributed by atoms with van der Waals surface area (Å²) in [4.78, 5) is 1.15. The second-order valence-electron chi connectivity index (χ2n) is 3.04. The van der Waals surface area contributed by atoms with E-state index in [4.69, 9.17) is 0 Å². The molecule has 0 fully saturated rings. The fraction of sp³-hybridized carbons (Fsp3) is 0.333. The summed E-state index contributed by atoms with van der Waals surface area (Å²) < 4.78 is 0. The van der Waals surface area contributed by atoms with E-state index in [0.717, 1.165) is 16.3 Å². The molecule has 1 unspecified atom stereocenters. The van der Waals surface area contributed by atoms with Crippen LogP contribution in [-0.2, 0) is 0 Å². The Bertz CT molecular complexity index is 301. The second kappa shape index (κ2) is 2.90. The zero-order chi connectivity index (χ0) is 8.55. The van der Waals surface area contributed by atoms with Gasteiger partial charge in [-0.05, 0) is 25.1 Å². The minimum atomic E-state index is 0.345. The first-order chi connectivity index (χ1) is 5.75. The second-order valence-corrected chi connectivity index (χ2v) is 4.10. The quantitative estimate of drug-likeness (QED) is 0.602. The molecule has 12 heavy (non-hydrogen) atoms. The van der Waals surface area contributed by atoms with E-state index in [-0.39, 0.29) is 0 Å². The molecule has 1 aromatic rings. The highest BCUT2D eigenvalue weighted by Crippen LogP contribution is 2.35. The van der Waals surface area contributed by atoms with E-state index < -0.39 is 0 Å². The van der Waals surface area contributed by atoms with Crippen LogP contribution in [0.25, 0.3) is 0 Å². The minimum absolute atomic E-state index is 0.345. The average molecular weight is 181 g/mol. The van der Waals surface area contributed by atoms with E-state index in [0.29, 0.717) is 11.8 Å². The van der Waals surface area contributed by atoms with Crippen LogP contribution in [0.1, 0.15) is 6.92 Å². The smallest absolute Gasteiger partial charge is 0.116 e. The lowest BCUT2D eigenvalue weighted by Crippen LogP contribution is -2.21. The number of benzene rings is 1. The lowest BCUT2D eigenvalue weighted by molar-refractivity contribution is 0.474. The van der Waals surface area contributed by atoms with Gasteiger partial charge in [-0.15, -0.1) is 11.8 Å². The molecule has 2 N–H and O–H groups in total. The highest BCUT2D eigenvalue weighted by Gasteiger charge is 2.14. The van der Waals surface area contributed by atoms with Gasteiger partial charge in [-0.1, -0.05) is 0 Å². The number of thioether (sulfide) groups is 1. The van der Waals surface area contributed by atoms with Gasteiger partial charge in [0.2, 0.25) is 0 Å². The Balaban J connectivity index is 2.37. The number of aromatic hydroxyl groups is 1. The zero-order valence-electron chi connectivity index (χ0n) is 6.87. The van der Waals surface area contributed by atoms with Gasteiger partial charge in [0, 0.05) is 22.4 Å². The molecule has 64 valence electrons. The number of hydrogen-bond acceptors (Lipinski definition) is 3. The van der Waals surface area contributed by atoms with Crippen molar-refractivity contribution in [2.24, 2.45) is 0 Å². The summed E-state index contributed by atoms with van der Waals surface area (Å²) in [5, 5.41) is 12.6. The van der Waals surface area contributed by atoms with Gasteiger partial charge < -0.3 is 10.4 Å². The molecule has 1 aliphatic rings. The van der Waals surface area contributed by atoms with Gasteiger partial charge >= 0.3 is 0 Å². The fourth-order valence-electron chi connectivity index (χ4n) is 1.27. The number of nitrogens with one attached hydrogen (secondary N) is 1. The topological polar surface area (TPSA) is 32.3 Å². The molecule has 2 rings (SSSR count). The summed E-state index contributed by atoms with van der Waals surface area (Å²) in [5.41, 5.74) is 1.14. The van der Waals surface area contributed by atoms with Gasteiger partial charge in [0.05, 0.1) is 0 Å². The van der Waals surface area contributed by atoms with Gasteiger partial charge in [0.15, 0.2) is 0 Å². The third-order valence-corrected chi connectivity index (χ3v) is 3.17. The highest BCUT2D eigenvalue weighted by molar-refractivity contribution is 7.99. The van der Waals surface area contributed by atoms with Crippen molar-refractivity contribution in [2.45, 2.75) is 17.9 Å². The molecule has 0 saturated carbocycles. The Kier molecular flexibility index (Phi) is 1.89. The van der Waals surface area contributed by atoms with E-state index in [1.807, 2.05) is 6.07 Å². The maximum absolute atomic E-state index is 9.21. The molecule has 1 heterocycles. The Morgan fingerprint density at radius 3 is 3.25 bits per heavy atom. The molecule has 3 heteroatoms. The molecule has 1 aromatic carbocycles. The summed E-state index contributed by atoms with van der Waals surface area (Å²) in [6.07, 6.45) is 0. The van der Waals surface area contributed by atoms with Crippen LogP contribution >= 0.6 is 11.8 Å². The minimum Gasteiger partial charge on any atom is -0.508 e. The first kappa shape index (κ1) is 7.80. The number of anilines is 1. The Hall–Kier alpha value is -0.830. The van der Waals surface area contributed by atoms with Crippen molar-refractivity contribution in [1.82, 2.24) is 0 Å². The van der Waals surface area contributed by atoms with Crippen molar-refractivity contribution in [2.75, 3.05) is 11.1 Å². The van der Waals surface area contributed by atoms with Crippen molar-refractivity contribution >= 4 is 17.4 Å². The summed E-state index contributed by atoms with van der Waals surface area (Å²) >= 11 is 1.79. The van der Waals surface area contributed by atoms with Crippen molar-refractivity contribution < 1.29 is 5.11 Å². The van der Waals surface area contributed by atoms with Crippen molar-refractivity contribution in [3.63, 3.8) is 0 Å². The summed E-state index contributed by atoms with van der Waals surface area (Å²) in [6.45, 7) is 2.16. The van der Waals surface area contributed by atoms with Crippen molar-refractivity contribution in [3.05, 3.63) is 18.2 Å². The lowest BCUT2D eigenvalue weighted by atomic mass is 10.2. The highest BCUT2D eigenvalue weighted by atomic mass is 32.2. The number of fused-ring (bicyclic) bond motifs is 1. The monoisotopic (exact) mass is 181 g/mol. The molecule has 0 spiro atoms. The van der Waals surface area contributed by atoms with Crippen LogP contribution in [0.4, 0.5) is 5.69 Å². The Morgan fingerprint density at radius 2 is 2.42 bits per heavy atom. The first-order valence-corrected chi connectivity index (χ1v) is 4.96. The fourth-order valence-corrected chi connectivity index (χ4v) is 2.27. The van der Waals surface area contributed by atoms with Gasteiger partial charge in [-0.2, -0.15) is 0 Å². The number of phenols is 1. The number of phenolic OH excluding ortho intramolecular Hbond substituents is 1. The Labute approximate surface area is 76.0 Å². The normalized spacial score (nSPS) is 21.2. The van der Waals surface area contributed by atoms with Crippen LogP contribution in [0.2, 0.25) is 0 Å². The molecular weight excluding hydrogens is 170 g/mol. The van der Waals surface area contributed by atoms with Gasteiger partial charge in [0.1, 0.15) is 5.75 Å². The Morgan fingerprint density at radius 1 is 1.58 bits per heavy atom. The van der Waals surface area contributed by atoms with Crippen molar-refractivity contribution in [1.29, 1.82) is 0 Å². The SMILES string of the molecule is CC1CSc2cc(O)ccc2N1. The molecular formula is C9H11NOS. The van der Waals surface area contributed by atoms with Gasteiger partial charge in [-0.25, -0.2) is 0 Å². The predicted octanol–water partition coefficient (Wildman–Crippen LogP) is 2.30. The van der Waals surface area contributed by atoms with Crippen LogP contribution in [0.15, 0.2) is 23.1 Å². The third kappa shape index (κ3) is 1.37. The van der Waals surface area contributed by atoms with Crippen molar-refractivity contribution in [3.8, 4) is 5.75 Å². The molecule has 0 bridgehead atoms. The molecule has 1 atom stereocenters. The van der Waals surface area contributed by atoms with E-state index in [9.17, 15) is 5.11 Å². The average Bonchev–Trinajstić information content (AvgIpc) is 2.05. The molecule has 0 aliphatic carbocycles. The standard InChI is InChI=1S/C9H11NOS/c1-6-5-12-9-4-7(11)2-3-8(9)10-6/h2-4,6,10-11H,5H2,1H3. The molecule has 2 nitrogen and oxygen atoms in total. The largest absolute Gasteiger partial charge is 0.508 e. The lowest BCUT2D eigenvalue weighted by Gasteiger charge is -2.23. The molecule has 1 aliphatic heterocycles. The van der Waals surface area contributed by atoms with Crippen LogP contribution in [-0.4, -0.2) is 16.9 Å². The molecule has 0 radical (unpaired) electrons. The summed E-state index contributed by atoms with van der Waals surface area (Å²) in [5.74, 6) is 1.41. The van der Waals surface area contributed by atoms with E-state index in [2.05, 4.69) is 12.2 Å². The van der Waals surface area contributed by atoms with Crippen LogP contribution in [0.3, 0.4) is 0 Å². The summed E-state index contributed by atoms with van der Waals surface area (Å²) in [7, 11) is 0. The zero-order valence-corrected chi connectivity index (χ0v) is 7.69. The van der Waals surface area contributed by atoms with E-state index >= 15 is 0 Å². The summed E-state index contributed by atoms with van der Waals surface area (Å²) in [6, 6.07) is 5.96. The molecule has 0 amide bonds. The maximum atomic E-state index is 9.21. The van der Waals surface area contributed by atoms with Crippen LogP contribution in [0, 0.1) is 0 Å². The maximum Gasteiger partial charge on any atom is 0.116 e. The predicted molar refractivity (Wildman–Crippen MR) is 51.9 cm³/mol. The third-order valence-electron chi connectivity index (χ3n) is 1.86. The molecule has 0 saturated heterocycles. The van der Waals surface area contributed by atoms with Crippen LogP contribution < -0.4 is 5.32 Å². The number of hydrogen-bond donors (Lipinski definition) is 2. The first-order valence-electron chi connectivity index (χ1n) is 3.98. The van der Waals surface area contributed by atoms with E-state index in [1.54, 1.807) is 23.9 Å². The molecule has 0 aromatic heterocycles. The van der Waals surface area contributed by atoms with E-state index in [1.165, 1.54) is 0 Å². The van der Waals surface area contributed by atoms with Crippen LogP contribution in [0.5, 0.6) is 5.75 Å². The van der Waals surface area contributed by atoms with Gasteiger partial charge in [0.25, 0.3) is 0 Å². The number of rotatable bonds is 0. The van der Waals surface area contributed by atoms with Gasteiger partial charge in [-0.3, -0.25) is 0 Å².